The Hall–Kier alpha value is -0.900. The molecule has 0 aromatic heterocycles. The Morgan fingerprint density at radius 2 is 2.29 bits per heavy atom. The first kappa shape index (κ1) is 9.65. The molecular weight excluding hydrogens is 186 g/mol. The van der Waals surface area contributed by atoms with Crippen LogP contribution in [0, 0.1) is 0 Å². The van der Waals surface area contributed by atoms with Crippen LogP contribution in [0.2, 0.25) is 0 Å². The lowest BCUT2D eigenvalue weighted by atomic mass is 10.2. The van der Waals surface area contributed by atoms with Gasteiger partial charge in [0.25, 0.3) is 6.43 Å². The summed E-state index contributed by atoms with van der Waals surface area (Å²) < 4.78 is 24.7. The van der Waals surface area contributed by atoms with E-state index in [2.05, 4.69) is 10.6 Å². The maximum atomic E-state index is 12.3. The van der Waals surface area contributed by atoms with Gasteiger partial charge < -0.3 is 10.6 Å². The SMILES string of the molecule is FC(F)C1C=CC=C(CNC2CC2)N1. The van der Waals surface area contributed by atoms with E-state index in [-0.39, 0.29) is 0 Å². The van der Waals surface area contributed by atoms with Gasteiger partial charge in [0.05, 0.1) is 0 Å². The fourth-order valence-corrected chi connectivity index (χ4v) is 1.40. The van der Waals surface area contributed by atoms with Gasteiger partial charge >= 0.3 is 0 Å². The summed E-state index contributed by atoms with van der Waals surface area (Å²) in [5.41, 5.74) is 0.852. The molecule has 1 unspecified atom stereocenters. The molecule has 0 spiro atoms. The maximum Gasteiger partial charge on any atom is 0.261 e. The van der Waals surface area contributed by atoms with Crippen molar-refractivity contribution in [3.8, 4) is 0 Å². The molecule has 78 valence electrons. The quantitative estimate of drug-likeness (QED) is 0.717. The van der Waals surface area contributed by atoms with Gasteiger partial charge in [-0.1, -0.05) is 12.2 Å². The Kier molecular flexibility index (Phi) is 2.82. The zero-order chi connectivity index (χ0) is 9.97. The Morgan fingerprint density at radius 3 is 2.93 bits per heavy atom. The lowest BCUT2D eigenvalue weighted by Crippen LogP contribution is -2.38. The molecule has 1 heterocycles. The van der Waals surface area contributed by atoms with E-state index in [0.29, 0.717) is 12.6 Å². The first-order valence-electron chi connectivity index (χ1n) is 4.91. The van der Waals surface area contributed by atoms with Gasteiger partial charge in [0.15, 0.2) is 0 Å². The van der Waals surface area contributed by atoms with Crippen LogP contribution in [-0.4, -0.2) is 25.1 Å². The highest BCUT2D eigenvalue weighted by Crippen LogP contribution is 2.19. The van der Waals surface area contributed by atoms with Crippen LogP contribution in [0.1, 0.15) is 12.8 Å². The van der Waals surface area contributed by atoms with Gasteiger partial charge in [-0.05, 0) is 18.9 Å². The van der Waals surface area contributed by atoms with Crippen molar-refractivity contribution in [2.45, 2.75) is 31.4 Å². The number of alkyl halides is 2. The topological polar surface area (TPSA) is 24.1 Å². The molecule has 2 nitrogen and oxygen atoms in total. The molecule has 1 atom stereocenters. The zero-order valence-electron chi connectivity index (χ0n) is 7.84. The second-order valence-corrected chi connectivity index (χ2v) is 3.74. The number of allylic oxidation sites excluding steroid dienone is 2. The molecule has 2 N–H and O–H groups in total. The fraction of sp³-hybridized carbons (Fsp3) is 0.600. The van der Waals surface area contributed by atoms with Crippen LogP contribution in [0.15, 0.2) is 23.9 Å². The maximum absolute atomic E-state index is 12.3. The van der Waals surface area contributed by atoms with Gasteiger partial charge in [-0.2, -0.15) is 0 Å². The third-order valence-corrected chi connectivity index (χ3v) is 2.40. The van der Waals surface area contributed by atoms with E-state index < -0.39 is 12.5 Å². The molecule has 14 heavy (non-hydrogen) atoms. The molecule has 2 aliphatic rings. The zero-order valence-corrected chi connectivity index (χ0v) is 7.84. The predicted molar refractivity (Wildman–Crippen MR) is 51.2 cm³/mol. The van der Waals surface area contributed by atoms with Crippen LogP contribution in [-0.2, 0) is 0 Å². The summed E-state index contributed by atoms with van der Waals surface area (Å²) in [6.45, 7) is 0.665. The monoisotopic (exact) mass is 200 g/mol. The highest BCUT2D eigenvalue weighted by Gasteiger charge is 2.23. The summed E-state index contributed by atoms with van der Waals surface area (Å²) in [6, 6.07) is -0.218. The van der Waals surface area contributed by atoms with E-state index in [0.717, 1.165) is 5.70 Å². The fourth-order valence-electron chi connectivity index (χ4n) is 1.40. The third-order valence-electron chi connectivity index (χ3n) is 2.40. The molecular formula is C10H14F2N2. The molecule has 0 amide bonds. The van der Waals surface area contributed by atoms with Crippen LogP contribution in [0.25, 0.3) is 0 Å². The minimum atomic E-state index is -2.34. The summed E-state index contributed by atoms with van der Waals surface area (Å²) in [4.78, 5) is 0. The van der Waals surface area contributed by atoms with Gasteiger partial charge in [0.2, 0.25) is 0 Å². The number of halogens is 2. The van der Waals surface area contributed by atoms with Crippen molar-refractivity contribution in [1.82, 2.24) is 10.6 Å². The van der Waals surface area contributed by atoms with Gasteiger partial charge in [0, 0.05) is 18.3 Å². The van der Waals surface area contributed by atoms with Crippen molar-refractivity contribution >= 4 is 0 Å². The summed E-state index contributed by atoms with van der Waals surface area (Å²) in [5, 5.41) is 6.07. The minimum absolute atomic E-state index is 0.605. The second kappa shape index (κ2) is 4.09. The highest BCUT2D eigenvalue weighted by molar-refractivity contribution is 5.21. The molecule has 1 saturated carbocycles. The van der Waals surface area contributed by atoms with Crippen molar-refractivity contribution in [2.24, 2.45) is 0 Å². The Morgan fingerprint density at radius 1 is 1.50 bits per heavy atom. The number of dihydropyridines is 1. The molecule has 0 bridgehead atoms. The number of hydrogen-bond donors (Lipinski definition) is 2. The molecule has 1 aliphatic heterocycles. The summed E-state index contributed by atoms with van der Waals surface area (Å²) >= 11 is 0. The number of hydrogen-bond acceptors (Lipinski definition) is 2. The lowest BCUT2D eigenvalue weighted by Gasteiger charge is -2.21. The highest BCUT2D eigenvalue weighted by atomic mass is 19.3. The van der Waals surface area contributed by atoms with Crippen LogP contribution >= 0.6 is 0 Å². The molecule has 4 heteroatoms. The van der Waals surface area contributed by atoms with Gasteiger partial charge in [0.1, 0.15) is 6.04 Å². The average Bonchev–Trinajstić information content (AvgIpc) is 2.99. The second-order valence-electron chi connectivity index (χ2n) is 3.74. The first-order chi connectivity index (χ1) is 6.75. The summed E-state index contributed by atoms with van der Waals surface area (Å²) in [7, 11) is 0. The van der Waals surface area contributed by atoms with Crippen molar-refractivity contribution in [3.63, 3.8) is 0 Å². The molecule has 0 aromatic carbocycles. The van der Waals surface area contributed by atoms with E-state index >= 15 is 0 Å². The van der Waals surface area contributed by atoms with Crippen LogP contribution in [0.3, 0.4) is 0 Å². The standard InChI is InChI=1S/C10H14F2N2/c11-10(12)9-3-1-2-8(14-9)6-13-7-4-5-7/h1-3,7,9-10,13-14H,4-6H2. The molecule has 1 fully saturated rings. The largest absolute Gasteiger partial charge is 0.376 e. The normalized spacial score (nSPS) is 26.2. The smallest absolute Gasteiger partial charge is 0.261 e. The van der Waals surface area contributed by atoms with E-state index in [4.69, 9.17) is 0 Å². The van der Waals surface area contributed by atoms with E-state index in [1.165, 1.54) is 18.9 Å². The van der Waals surface area contributed by atoms with Crippen molar-refractivity contribution < 1.29 is 8.78 Å². The minimum Gasteiger partial charge on any atom is -0.376 e. The summed E-state index contributed by atoms with van der Waals surface area (Å²) in [5.74, 6) is 0. The van der Waals surface area contributed by atoms with Gasteiger partial charge in [-0.25, -0.2) is 8.78 Å². The molecule has 0 radical (unpaired) electrons. The molecule has 1 aliphatic carbocycles. The molecule has 0 saturated heterocycles. The first-order valence-corrected chi connectivity index (χ1v) is 4.91. The average molecular weight is 200 g/mol. The van der Waals surface area contributed by atoms with Crippen LogP contribution in [0.5, 0.6) is 0 Å². The predicted octanol–water partition coefficient (Wildman–Crippen LogP) is 1.42. The molecule has 0 aromatic rings. The van der Waals surface area contributed by atoms with Gasteiger partial charge in [-0.3, -0.25) is 0 Å². The van der Waals surface area contributed by atoms with Crippen molar-refractivity contribution in [3.05, 3.63) is 23.9 Å². The lowest BCUT2D eigenvalue weighted by molar-refractivity contribution is 0.121. The van der Waals surface area contributed by atoms with Crippen molar-refractivity contribution in [1.29, 1.82) is 0 Å². The van der Waals surface area contributed by atoms with Crippen molar-refractivity contribution in [2.75, 3.05) is 6.54 Å². The third kappa shape index (κ3) is 2.54. The van der Waals surface area contributed by atoms with Crippen LogP contribution < -0.4 is 10.6 Å². The molecule has 2 rings (SSSR count). The number of nitrogens with one attached hydrogen (secondary N) is 2. The Bertz CT molecular complexity index is 257. The van der Waals surface area contributed by atoms with Gasteiger partial charge in [-0.15, -0.1) is 0 Å². The van der Waals surface area contributed by atoms with E-state index in [1.807, 2.05) is 6.08 Å². The van der Waals surface area contributed by atoms with E-state index in [1.54, 1.807) is 6.08 Å². The number of rotatable bonds is 4. The summed E-state index contributed by atoms with van der Waals surface area (Å²) in [6.07, 6.45) is 5.11. The van der Waals surface area contributed by atoms with Crippen LogP contribution in [0.4, 0.5) is 8.78 Å². The Labute approximate surface area is 82.1 Å². The Balaban J connectivity index is 1.80. The van der Waals surface area contributed by atoms with E-state index in [9.17, 15) is 8.78 Å².